The van der Waals surface area contributed by atoms with Crippen molar-refractivity contribution >= 4 is 11.6 Å². The van der Waals surface area contributed by atoms with E-state index in [1.54, 1.807) is 5.01 Å². The first-order valence-electron chi connectivity index (χ1n) is 13.3. The van der Waals surface area contributed by atoms with E-state index in [9.17, 15) is 4.79 Å². The van der Waals surface area contributed by atoms with Crippen molar-refractivity contribution in [3.63, 3.8) is 0 Å². The highest BCUT2D eigenvalue weighted by Crippen LogP contribution is 2.35. The molecule has 4 nitrogen and oxygen atoms in total. The van der Waals surface area contributed by atoms with E-state index in [-0.39, 0.29) is 11.9 Å². The number of piperidine rings is 1. The maximum absolute atomic E-state index is 13.7. The van der Waals surface area contributed by atoms with Gasteiger partial charge in [-0.25, -0.2) is 5.01 Å². The third kappa shape index (κ3) is 5.60. The van der Waals surface area contributed by atoms with E-state index in [2.05, 4.69) is 98.5 Å². The zero-order valence-electron chi connectivity index (χ0n) is 21.8. The second-order valence-electron chi connectivity index (χ2n) is 10.6. The fourth-order valence-electron chi connectivity index (χ4n) is 5.66. The predicted octanol–water partition coefficient (Wildman–Crippen LogP) is 6.24. The quantitative estimate of drug-likeness (QED) is 0.419. The molecule has 1 unspecified atom stereocenters. The summed E-state index contributed by atoms with van der Waals surface area (Å²) in [5, 5.41) is 6.73. The molecule has 0 bridgehead atoms. The minimum Gasteiger partial charge on any atom is -0.294 e. The molecule has 3 aromatic carbocycles. The van der Waals surface area contributed by atoms with Gasteiger partial charge in [-0.3, -0.25) is 9.69 Å². The van der Waals surface area contributed by atoms with Crippen LogP contribution in [0.3, 0.4) is 0 Å². The first kappa shape index (κ1) is 24.5. The molecule has 0 N–H and O–H groups in total. The summed E-state index contributed by atoms with van der Waals surface area (Å²) in [6, 6.07) is 25.7. The Morgan fingerprint density at radius 2 is 1.64 bits per heavy atom. The molecule has 2 aliphatic rings. The molecule has 1 amide bonds. The second kappa shape index (κ2) is 10.8. The van der Waals surface area contributed by atoms with Crippen LogP contribution in [0.2, 0.25) is 0 Å². The molecule has 2 heterocycles. The Morgan fingerprint density at radius 1 is 0.889 bits per heavy atom. The standard InChI is InChI=1S/C32H37N3O/c1-23-8-7-11-28(18-23)30-21-31(29-19-24(2)12-13-25(29)3)35(33-30)32(36)22-34-16-14-27(15-17-34)20-26-9-5-4-6-10-26/h4-13,18-19,27,31H,14-17,20-22H2,1-3H3. The summed E-state index contributed by atoms with van der Waals surface area (Å²) in [6.45, 7) is 8.74. The first-order chi connectivity index (χ1) is 17.5. The maximum atomic E-state index is 13.7. The molecule has 0 aromatic heterocycles. The van der Waals surface area contributed by atoms with Crippen LogP contribution in [0.1, 0.15) is 58.7 Å². The smallest absolute Gasteiger partial charge is 0.257 e. The molecule has 0 aliphatic carbocycles. The van der Waals surface area contributed by atoms with Crippen molar-refractivity contribution in [3.8, 4) is 0 Å². The average molecular weight is 480 g/mol. The van der Waals surface area contributed by atoms with Crippen LogP contribution in [-0.2, 0) is 11.2 Å². The number of aryl methyl sites for hydroxylation is 3. The molecule has 0 radical (unpaired) electrons. The summed E-state index contributed by atoms with van der Waals surface area (Å²) >= 11 is 0. The van der Waals surface area contributed by atoms with Crippen molar-refractivity contribution in [1.29, 1.82) is 0 Å². The zero-order valence-corrected chi connectivity index (χ0v) is 21.8. The Morgan fingerprint density at radius 3 is 2.39 bits per heavy atom. The minimum absolute atomic E-state index is 0.0523. The molecular weight excluding hydrogens is 442 g/mol. The molecule has 2 aliphatic heterocycles. The number of amides is 1. The number of hydrazone groups is 1. The largest absolute Gasteiger partial charge is 0.294 e. The van der Waals surface area contributed by atoms with Gasteiger partial charge in [0.05, 0.1) is 18.3 Å². The van der Waals surface area contributed by atoms with E-state index in [0.29, 0.717) is 12.5 Å². The van der Waals surface area contributed by atoms with E-state index in [1.165, 1.54) is 27.8 Å². The Kier molecular flexibility index (Phi) is 7.33. The van der Waals surface area contributed by atoms with Crippen LogP contribution >= 0.6 is 0 Å². The van der Waals surface area contributed by atoms with Crippen LogP contribution in [0.5, 0.6) is 0 Å². The van der Waals surface area contributed by atoms with Gasteiger partial charge >= 0.3 is 0 Å². The molecular formula is C32H37N3O. The summed E-state index contributed by atoms with van der Waals surface area (Å²) in [5.41, 5.74) is 8.37. The number of nitrogens with zero attached hydrogens (tertiary/aromatic N) is 3. The van der Waals surface area contributed by atoms with Gasteiger partial charge in [0.15, 0.2) is 0 Å². The Balaban J connectivity index is 1.30. The highest BCUT2D eigenvalue weighted by Gasteiger charge is 2.35. The summed E-state index contributed by atoms with van der Waals surface area (Å²) in [6.07, 6.45) is 4.16. The highest BCUT2D eigenvalue weighted by molar-refractivity contribution is 6.03. The molecule has 3 aromatic rings. The number of rotatable bonds is 6. The third-order valence-corrected chi connectivity index (χ3v) is 7.74. The van der Waals surface area contributed by atoms with Crippen molar-refractivity contribution in [2.45, 2.75) is 52.5 Å². The van der Waals surface area contributed by atoms with Gasteiger partial charge in [0.25, 0.3) is 5.91 Å². The number of hydrogen-bond donors (Lipinski definition) is 0. The predicted molar refractivity (Wildman–Crippen MR) is 147 cm³/mol. The van der Waals surface area contributed by atoms with Crippen LogP contribution in [0, 0.1) is 26.7 Å². The minimum atomic E-state index is -0.0523. The topological polar surface area (TPSA) is 35.9 Å². The van der Waals surface area contributed by atoms with Crippen LogP contribution in [0.25, 0.3) is 0 Å². The lowest BCUT2D eigenvalue weighted by Gasteiger charge is -2.33. The lowest BCUT2D eigenvalue weighted by atomic mass is 9.90. The number of likely N-dealkylation sites (tertiary alicyclic amines) is 1. The fourth-order valence-corrected chi connectivity index (χ4v) is 5.66. The van der Waals surface area contributed by atoms with Crippen LogP contribution in [-0.4, -0.2) is 41.2 Å². The Bertz CT molecular complexity index is 1240. The fraction of sp³-hybridized carbons (Fsp3) is 0.375. The summed E-state index contributed by atoms with van der Waals surface area (Å²) in [5.74, 6) is 0.796. The molecule has 0 spiro atoms. The van der Waals surface area contributed by atoms with Crippen LogP contribution in [0.15, 0.2) is 77.9 Å². The summed E-state index contributed by atoms with van der Waals surface area (Å²) < 4.78 is 0. The number of carbonyl (C=O) groups is 1. The molecule has 1 saturated heterocycles. The average Bonchev–Trinajstić information content (AvgIpc) is 3.33. The molecule has 186 valence electrons. The maximum Gasteiger partial charge on any atom is 0.257 e. The molecule has 0 saturated carbocycles. The van der Waals surface area contributed by atoms with E-state index < -0.39 is 0 Å². The SMILES string of the molecule is Cc1cccc(C2=NN(C(=O)CN3CCC(Cc4ccccc4)CC3)C(c3cc(C)ccc3C)C2)c1. The van der Waals surface area contributed by atoms with Gasteiger partial charge in [-0.15, -0.1) is 0 Å². The van der Waals surface area contributed by atoms with Gasteiger partial charge in [-0.2, -0.15) is 5.10 Å². The highest BCUT2D eigenvalue weighted by atomic mass is 16.2. The lowest BCUT2D eigenvalue weighted by Crippen LogP contribution is -2.42. The lowest BCUT2D eigenvalue weighted by molar-refractivity contribution is -0.134. The van der Waals surface area contributed by atoms with Crippen molar-refractivity contribution < 1.29 is 4.79 Å². The monoisotopic (exact) mass is 479 g/mol. The molecule has 1 atom stereocenters. The number of benzene rings is 3. The van der Waals surface area contributed by atoms with Gasteiger partial charge in [0, 0.05) is 6.42 Å². The summed E-state index contributed by atoms with van der Waals surface area (Å²) in [4.78, 5) is 16.0. The van der Waals surface area contributed by atoms with Crippen molar-refractivity contribution in [3.05, 3.63) is 106 Å². The van der Waals surface area contributed by atoms with E-state index >= 15 is 0 Å². The van der Waals surface area contributed by atoms with Crippen molar-refractivity contribution in [1.82, 2.24) is 9.91 Å². The first-order valence-corrected chi connectivity index (χ1v) is 13.3. The zero-order chi connectivity index (χ0) is 25.1. The molecule has 4 heteroatoms. The van der Waals surface area contributed by atoms with Crippen molar-refractivity contribution in [2.24, 2.45) is 11.0 Å². The van der Waals surface area contributed by atoms with E-state index in [4.69, 9.17) is 5.10 Å². The third-order valence-electron chi connectivity index (χ3n) is 7.74. The van der Waals surface area contributed by atoms with Crippen LogP contribution < -0.4 is 0 Å². The number of carbonyl (C=O) groups excluding carboxylic acids is 1. The van der Waals surface area contributed by atoms with Crippen LogP contribution in [0.4, 0.5) is 0 Å². The molecule has 1 fully saturated rings. The molecule has 5 rings (SSSR count). The second-order valence-corrected chi connectivity index (χ2v) is 10.6. The van der Waals surface area contributed by atoms with Gasteiger partial charge in [-0.1, -0.05) is 83.9 Å². The van der Waals surface area contributed by atoms with Gasteiger partial charge in [0.1, 0.15) is 0 Å². The summed E-state index contributed by atoms with van der Waals surface area (Å²) in [7, 11) is 0. The Hall–Kier alpha value is -3.24. The Labute approximate surface area is 215 Å². The van der Waals surface area contributed by atoms with E-state index in [1.807, 2.05) is 0 Å². The van der Waals surface area contributed by atoms with Gasteiger partial charge in [0.2, 0.25) is 0 Å². The van der Waals surface area contributed by atoms with E-state index in [0.717, 1.165) is 50.0 Å². The van der Waals surface area contributed by atoms with Gasteiger partial charge < -0.3 is 0 Å². The van der Waals surface area contributed by atoms with Crippen molar-refractivity contribution in [2.75, 3.05) is 19.6 Å². The number of hydrogen-bond acceptors (Lipinski definition) is 3. The van der Waals surface area contributed by atoms with Gasteiger partial charge in [-0.05, 0) is 81.3 Å². The molecule has 36 heavy (non-hydrogen) atoms. The normalized spacial score (nSPS) is 18.9.